The molecule has 15 heterocycles. The molecule has 0 bridgehead atoms. The van der Waals surface area contributed by atoms with Crippen LogP contribution in [0.2, 0.25) is 5.15 Å². The second-order valence-electron chi connectivity index (χ2n) is 33.5. The van der Waals surface area contributed by atoms with Crippen LogP contribution in [0.5, 0.6) is 0 Å². The molecule has 5 aliphatic carbocycles. The van der Waals surface area contributed by atoms with Crippen molar-refractivity contribution in [3.8, 4) is 45.0 Å². The average molecular weight is 1900 g/mol. The summed E-state index contributed by atoms with van der Waals surface area (Å²) in [5.41, 5.74) is 16.3. The summed E-state index contributed by atoms with van der Waals surface area (Å²) in [6, 6.07) is 62.6. The number of hydrogen-bond acceptors (Lipinski definition) is 23. The van der Waals surface area contributed by atoms with Gasteiger partial charge in [0.25, 0.3) is 41.9 Å². The Labute approximate surface area is 788 Å². The van der Waals surface area contributed by atoms with Crippen LogP contribution in [0.3, 0.4) is 0 Å². The standard InChI is InChI=1S/C23H21N5O.2C20H17N5O3S.C20H17N5O2S.C15H12ClN5O/c29-23(18-11-6-12-24-14-18)27-21-13-20(17-9-2-1-3-10-17)26-22-19(15-25-28(21)22)16-7-4-5-8-16;26-24-10-4-7-16(13-24)29(27,28)23-19-11-18(15-5-2-1-3-6-15)22-20-17(14-8-9-14)12-21-25(19)20;26-24-10-8-16(9-11-24)29(27,28)23-19-12-18(15-4-2-1-3-5-15)22-20-17(14-6-7-14)13-21-25(19)20;26-28(27,16-7-4-10-21-12-16)24-19-11-18(15-5-2-1-3-6-15)23-20-17(14-8-9-14)13-22-25(19)20;16-12-6-13(20-15(22)10-2-1-5-17-7-10)21-14(19-12)11(8-18-21)9-3-4-9/h1-3,6,9-16H,4-5,7-8H2,(H,27,29);1-7,10-14,23H,8-9H2;1-5,8-14,23H,6-7H2;1-7,10-14,24H,8-9H2;1-2,5-9H,3-4H2,(H,20,22). The van der Waals surface area contributed by atoms with E-state index in [0.29, 0.717) is 118 Å². The molecule has 2 amide bonds. The van der Waals surface area contributed by atoms with Crippen molar-refractivity contribution in [2.45, 2.75) is 121 Å². The molecule has 0 atom stereocenters. The summed E-state index contributed by atoms with van der Waals surface area (Å²) in [7, 11) is -11.7. The molecule has 0 aliphatic heterocycles. The number of carbonyl (C=O) groups excluding carboxylic acids is 2. The number of anilines is 5. The summed E-state index contributed by atoms with van der Waals surface area (Å²) >= 11 is 6.09. The van der Waals surface area contributed by atoms with E-state index >= 15 is 0 Å². The molecule has 19 aromatic rings. The second-order valence-corrected chi connectivity index (χ2v) is 38.9. The number of sulfonamides is 3. The van der Waals surface area contributed by atoms with Gasteiger partial charge in [0.05, 0.1) is 69.8 Å². The highest BCUT2D eigenvalue weighted by Crippen LogP contribution is 2.47. The van der Waals surface area contributed by atoms with E-state index in [0.717, 1.165) is 144 Å². The van der Waals surface area contributed by atoms with Crippen molar-refractivity contribution in [2.75, 3.05) is 24.8 Å². The van der Waals surface area contributed by atoms with Gasteiger partial charge in [0.2, 0.25) is 6.20 Å². The predicted molar refractivity (Wildman–Crippen MR) is 513 cm³/mol. The first-order valence-corrected chi connectivity index (χ1v) is 49.1. The molecule has 5 N–H and O–H groups in total. The quantitative estimate of drug-likeness (QED) is 0.0239. The van der Waals surface area contributed by atoms with E-state index in [2.05, 4.69) is 70.2 Å². The van der Waals surface area contributed by atoms with Crippen molar-refractivity contribution < 1.29 is 44.3 Å². The fourth-order valence-corrected chi connectivity index (χ4v) is 19.4. The monoisotopic (exact) mass is 1900 g/mol. The Bertz CT molecular complexity index is 8060. The number of aromatic nitrogens is 20. The van der Waals surface area contributed by atoms with Crippen LogP contribution in [0.15, 0.2) is 320 Å². The first-order chi connectivity index (χ1) is 66.6. The van der Waals surface area contributed by atoms with E-state index < -0.39 is 30.1 Å². The molecule has 5 fully saturated rings. The first-order valence-electron chi connectivity index (χ1n) is 44.3. The molecule has 686 valence electrons. The van der Waals surface area contributed by atoms with Crippen LogP contribution in [0.4, 0.5) is 29.1 Å². The molecule has 137 heavy (non-hydrogen) atoms. The Balaban J connectivity index is 0.000000106. The third kappa shape index (κ3) is 19.9. The third-order valence-electron chi connectivity index (χ3n) is 23.7. The normalized spacial score (nSPS) is 14.3. The van der Waals surface area contributed by atoms with Crippen LogP contribution < -0.4 is 34.3 Å². The average Bonchev–Trinajstić information content (AvgIpc) is 1.61. The van der Waals surface area contributed by atoms with Crippen molar-refractivity contribution in [1.82, 2.24) is 87.9 Å². The summed E-state index contributed by atoms with van der Waals surface area (Å²) in [6.07, 6.45) is 36.3. The van der Waals surface area contributed by atoms with Gasteiger partial charge >= 0.3 is 0 Å². The molecule has 5 saturated carbocycles. The highest BCUT2D eigenvalue weighted by atomic mass is 35.5. The number of rotatable bonds is 22. The largest absolute Gasteiger partial charge is 0.619 e. The maximum Gasteiger partial charge on any atom is 0.269 e. The van der Waals surface area contributed by atoms with E-state index in [9.17, 15) is 45.3 Å². The van der Waals surface area contributed by atoms with Gasteiger partial charge < -0.3 is 21.0 Å². The first kappa shape index (κ1) is 88.7. The molecule has 0 spiro atoms. The van der Waals surface area contributed by atoms with E-state index in [4.69, 9.17) is 31.5 Å². The molecule has 15 aromatic heterocycles. The van der Waals surface area contributed by atoms with Gasteiger partial charge in [-0.15, -0.1) is 0 Å². The van der Waals surface area contributed by atoms with Gasteiger partial charge in [0.1, 0.15) is 39.1 Å². The topological polar surface area (TPSA) is 440 Å². The smallest absolute Gasteiger partial charge is 0.269 e. The second kappa shape index (κ2) is 38.1. The van der Waals surface area contributed by atoms with Gasteiger partial charge in [-0.25, -0.2) is 50.2 Å². The number of carbonyl (C=O) groups is 2. The number of nitrogens with one attached hydrogen (secondary N) is 5. The highest BCUT2D eigenvalue weighted by Gasteiger charge is 2.35. The SMILES string of the molecule is O=C(Nc1cc(-c2ccccc2)nc2c(C3CCCC3)cnn12)c1cccnc1.O=C(Nc1cc(Cl)nc2c(C3CC3)cnn12)c1cccnc1.O=S(=O)(Nc1cc(-c2ccccc2)nc2c(C3CC3)cnn12)c1cc[n+]([O-])cc1.O=S(=O)(Nc1cc(-c2ccccc2)nc2c(C3CC3)cnn12)c1ccc[n+]([O-])c1.O=S(=O)(Nc1cc(-c2ccccc2)nc2c(C3CC3)cnn12)c1cccnc1. The number of benzene rings is 4. The van der Waals surface area contributed by atoms with E-state index in [1.165, 1.54) is 77.0 Å². The minimum atomic E-state index is -3.98. The Morgan fingerprint density at radius 1 is 0.321 bits per heavy atom. The van der Waals surface area contributed by atoms with Crippen LogP contribution in [0, 0.1) is 10.4 Å². The third-order valence-corrected chi connectivity index (χ3v) is 28.0. The van der Waals surface area contributed by atoms with E-state index in [1.807, 2.05) is 134 Å². The van der Waals surface area contributed by atoms with Crippen molar-refractivity contribution in [2.24, 2.45) is 0 Å². The van der Waals surface area contributed by atoms with Gasteiger partial charge in [-0.1, -0.05) is 146 Å². The van der Waals surface area contributed by atoms with Crippen LogP contribution in [0.1, 0.15) is 155 Å². The zero-order valence-electron chi connectivity index (χ0n) is 72.9. The highest BCUT2D eigenvalue weighted by molar-refractivity contribution is 7.93. The molecule has 0 radical (unpaired) electrons. The lowest BCUT2D eigenvalue weighted by Gasteiger charge is -2.12. The van der Waals surface area contributed by atoms with Crippen molar-refractivity contribution in [3.63, 3.8) is 0 Å². The Morgan fingerprint density at radius 2 is 0.635 bits per heavy atom. The molecule has 24 rings (SSSR count). The Kier molecular flexibility index (Phi) is 24.6. The summed E-state index contributed by atoms with van der Waals surface area (Å²) in [5.74, 6) is 3.77. The summed E-state index contributed by atoms with van der Waals surface area (Å²) in [5, 5.41) is 51.0. The summed E-state index contributed by atoms with van der Waals surface area (Å²) in [6.45, 7) is 0. The van der Waals surface area contributed by atoms with Crippen LogP contribution in [-0.2, 0) is 30.1 Å². The lowest BCUT2D eigenvalue weighted by atomic mass is 10.0. The number of hydrogen-bond donors (Lipinski definition) is 5. The number of nitrogens with zero attached hydrogens (tertiary/aromatic N) is 20. The fraction of sp³-hybridized carbons (Fsp3) is 0.173. The van der Waals surface area contributed by atoms with Crippen LogP contribution in [-0.4, -0.2) is 125 Å². The lowest BCUT2D eigenvalue weighted by Crippen LogP contribution is -2.27. The van der Waals surface area contributed by atoms with Crippen LogP contribution >= 0.6 is 11.6 Å². The summed E-state index contributed by atoms with van der Waals surface area (Å²) < 4.78 is 93.9. The van der Waals surface area contributed by atoms with Crippen molar-refractivity contribution in [1.29, 1.82) is 0 Å². The molecular formula is C98H84ClN25O10S3. The molecule has 0 saturated heterocycles. The van der Waals surface area contributed by atoms with Gasteiger partial charge in [-0.2, -0.15) is 57.5 Å². The van der Waals surface area contributed by atoms with Gasteiger partial charge in [-0.3, -0.25) is 38.7 Å². The number of halogens is 1. The van der Waals surface area contributed by atoms with Gasteiger partial charge in [-0.05, 0) is 136 Å². The lowest BCUT2D eigenvalue weighted by molar-refractivity contribution is -0.607. The Hall–Kier alpha value is -16.2. The number of amides is 2. The Morgan fingerprint density at radius 3 is 0.978 bits per heavy atom. The molecule has 5 aliphatic rings. The molecule has 39 heteroatoms. The van der Waals surface area contributed by atoms with Crippen LogP contribution in [0.25, 0.3) is 73.3 Å². The minimum Gasteiger partial charge on any atom is -0.619 e. The van der Waals surface area contributed by atoms with E-state index in [-0.39, 0.29) is 32.3 Å². The zero-order valence-corrected chi connectivity index (χ0v) is 76.1. The maximum atomic E-state index is 12.9. The number of pyridine rings is 5. The van der Waals surface area contributed by atoms with Crippen molar-refractivity contribution >= 4 is 111 Å². The predicted octanol–water partition coefficient (Wildman–Crippen LogP) is 16.5. The van der Waals surface area contributed by atoms with Gasteiger partial charge in [0.15, 0.2) is 51.7 Å². The molecule has 0 unspecified atom stereocenters. The molecule has 35 nitrogen and oxygen atoms in total. The minimum absolute atomic E-state index is 0.00889. The fourth-order valence-electron chi connectivity index (χ4n) is 16.2. The zero-order chi connectivity index (χ0) is 93.9. The van der Waals surface area contributed by atoms with Crippen molar-refractivity contribution in [3.05, 3.63) is 360 Å². The van der Waals surface area contributed by atoms with E-state index in [1.54, 1.807) is 112 Å². The maximum absolute atomic E-state index is 12.9. The summed E-state index contributed by atoms with van der Waals surface area (Å²) in [4.78, 5) is 60.4. The number of fused-ring (bicyclic) bond motifs is 5. The molecular weight excluding hydrogens is 1820 g/mol. The van der Waals surface area contributed by atoms with Gasteiger partial charge in [0, 0.05) is 136 Å². The molecule has 4 aromatic carbocycles.